The molecule has 11 rings (SSSR count). The second kappa shape index (κ2) is 28.3. The molecule has 2 aromatic heterocycles. The Morgan fingerprint density at radius 3 is 1.43 bits per heavy atom. The number of para-hydroxylation sites is 6. The van der Waals surface area contributed by atoms with E-state index in [9.17, 15) is 24.0 Å². The van der Waals surface area contributed by atoms with Crippen LogP contribution in [0, 0.1) is 0 Å². The van der Waals surface area contributed by atoms with Crippen LogP contribution < -0.4 is 30.7 Å². The first kappa shape index (κ1) is 58.3. The zero-order valence-corrected chi connectivity index (χ0v) is 46.6. The Balaban J connectivity index is 0.000000158. The van der Waals surface area contributed by atoms with Crippen LogP contribution in [0.3, 0.4) is 0 Å². The zero-order valence-electron chi connectivity index (χ0n) is 45.1. The molecule has 6 atom stereocenters. The molecule has 0 spiro atoms. The maximum atomic E-state index is 13.4. The second-order valence-electron chi connectivity index (χ2n) is 19.3. The molecule has 0 fully saturated rings. The summed E-state index contributed by atoms with van der Waals surface area (Å²) in [6.45, 7) is 10.9. The van der Waals surface area contributed by atoms with Gasteiger partial charge in [-0.05, 0) is 159 Å². The number of hydrogen-bond donors (Lipinski definition) is 3. The smallest absolute Gasteiger partial charge is 0.294 e. The fraction of sp³-hybridized carbons (Fsp3) is 0.234. The zero-order chi connectivity index (χ0) is 56.4. The van der Waals surface area contributed by atoms with Gasteiger partial charge in [-0.2, -0.15) is 0 Å². The summed E-state index contributed by atoms with van der Waals surface area (Å²) in [7, 11) is 0. The second-order valence-corrected chi connectivity index (χ2v) is 20.2. The third-order valence-corrected chi connectivity index (χ3v) is 13.6. The number of carbonyl (C=O) groups excluding carboxylic acids is 5. The molecule has 6 unspecified atom stereocenters. The number of nitrogens with zero attached hydrogens (tertiary/aromatic N) is 3. The topological polar surface area (TPSA) is 157 Å². The van der Waals surface area contributed by atoms with E-state index in [-0.39, 0.29) is 52.9 Å². The molecular formula is C64H66Cl2N6O7. The van der Waals surface area contributed by atoms with Gasteiger partial charge in [0.1, 0.15) is 0 Å². The molecule has 0 aliphatic carbocycles. The lowest BCUT2D eigenvalue weighted by molar-refractivity contribution is -0.118. The maximum Gasteiger partial charge on any atom is 0.294 e. The molecule has 0 saturated heterocycles. The van der Waals surface area contributed by atoms with E-state index in [2.05, 4.69) is 113 Å². The van der Waals surface area contributed by atoms with Crippen LogP contribution in [0.4, 0.5) is 34.1 Å². The summed E-state index contributed by atoms with van der Waals surface area (Å²) < 4.78 is 10.0. The summed E-state index contributed by atoms with van der Waals surface area (Å²) in [5.74, 6) is 0.393. The Bertz CT molecular complexity index is 3230. The molecule has 79 heavy (non-hydrogen) atoms. The fourth-order valence-corrected chi connectivity index (χ4v) is 10.3. The third-order valence-electron chi connectivity index (χ3n) is 13.4. The number of furan rings is 2. The van der Waals surface area contributed by atoms with Crippen molar-refractivity contribution in [2.75, 3.05) is 30.7 Å². The number of benzene rings is 6. The molecule has 0 radical (unpaired) electrons. The van der Waals surface area contributed by atoms with Crippen molar-refractivity contribution in [3.8, 4) is 0 Å². The quantitative estimate of drug-likeness (QED) is 0.125. The van der Waals surface area contributed by atoms with Crippen molar-refractivity contribution in [3.05, 3.63) is 229 Å². The van der Waals surface area contributed by atoms with Gasteiger partial charge in [-0.25, -0.2) is 0 Å². The molecule has 0 bridgehead atoms. The van der Waals surface area contributed by atoms with E-state index >= 15 is 0 Å². The minimum absolute atomic E-state index is 0.00187. The lowest BCUT2D eigenvalue weighted by atomic mass is 9.89. The van der Waals surface area contributed by atoms with E-state index in [0.717, 1.165) is 41.2 Å². The number of amides is 3. The van der Waals surface area contributed by atoms with Crippen LogP contribution in [0.2, 0.25) is 0 Å². The van der Waals surface area contributed by atoms with E-state index in [1.165, 1.54) is 48.0 Å². The molecule has 8 aromatic rings. The Labute approximate surface area is 472 Å². The number of carbonyl (C=O) groups is 5. The largest absolute Gasteiger partial charge is 0.460 e. The molecular weight excluding hydrogens is 1040 g/mol. The Morgan fingerprint density at radius 1 is 0.506 bits per heavy atom. The van der Waals surface area contributed by atoms with Crippen LogP contribution in [0.25, 0.3) is 0 Å². The van der Waals surface area contributed by atoms with Crippen molar-refractivity contribution in [3.63, 3.8) is 0 Å². The first-order valence-electron chi connectivity index (χ1n) is 26.2. The molecule has 3 amide bonds. The SMILES string of the molecule is CC(=O)Cl.CC(=O)N1c2ccccc2C(N(C(=O)c2ccco2)c2ccccc2)CC1C.CC(=O)N1c2ccccc2C(Nc2ccccc2)CC1C.CC1CC(Nc2ccccc2)c2ccccc2N1.O=C(Cl)c1ccco1. The van der Waals surface area contributed by atoms with Crippen molar-refractivity contribution in [1.29, 1.82) is 0 Å². The molecule has 3 N–H and O–H groups in total. The predicted molar refractivity (Wildman–Crippen MR) is 317 cm³/mol. The molecule has 3 aliphatic rings. The number of hydrogen-bond acceptors (Lipinski definition) is 10. The van der Waals surface area contributed by atoms with Crippen LogP contribution >= 0.6 is 23.2 Å². The van der Waals surface area contributed by atoms with Crippen molar-refractivity contribution in [2.24, 2.45) is 0 Å². The average molecular weight is 1100 g/mol. The molecule has 5 heterocycles. The summed E-state index contributed by atoms with van der Waals surface area (Å²) in [4.78, 5) is 62.5. The van der Waals surface area contributed by atoms with E-state index in [4.69, 9.17) is 16.0 Å². The molecule has 6 aromatic carbocycles. The van der Waals surface area contributed by atoms with Gasteiger partial charge in [0.15, 0.2) is 11.5 Å². The lowest BCUT2D eigenvalue weighted by Crippen LogP contribution is -2.47. The van der Waals surface area contributed by atoms with Gasteiger partial charge in [-0.15, -0.1) is 0 Å². The molecule has 408 valence electrons. The Morgan fingerprint density at radius 2 is 0.937 bits per heavy atom. The monoisotopic (exact) mass is 1100 g/mol. The van der Waals surface area contributed by atoms with Gasteiger partial charge in [0.25, 0.3) is 11.1 Å². The summed E-state index contributed by atoms with van der Waals surface area (Å²) in [6, 6.07) is 62.4. The van der Waals surface area contributed by atoms with Crippen molar-refractivity contribution in [1.82, 2.24) is 0 Å². The van der Waals surface area contributed by atoms with E-state index in [1.54, 1.807) is 36.9 Å². The number of halogens is 2. The van der Waals surface area contributed by atoms with Crippen LogP contribution in [0.1, 0.15) is 117 Å². The first-order valence-corrected chi connectivity index (χ1v) is 26.9. The van der Waals surface area contributed by atoms with Gasteiger partial charge in [-0.3, -0.25) is 28.9 Å². The van der Waals surface area contributed by atoms with Crippen LogP contribution in [-0.2, 0) is 14.4 Å². The minimum atomic E-state index is -0.560. The summed E-state index contributed by atoms with van der Waals surface area (Å²) in [5.41, 5.74) is 9.74. The first-order chi connectivity index (χ1) is 38.1. The van der Waals surface area contributed by atoms with Crippen molar-refractivity contribution in [2.45, 2.75) is 97.1 Å². The molecule has 15 heteroatoms. The van der Waals surface area contributed by atoms with Gasteiger partial charge in [0.2, 0.25) is 17.1 Å². The van der Waals surface area contributed by atoms with E-state index in [1.807, 2.05) is 114 Å². The normalized spacial score (nSPS) is 18.3. The lowest BCUT2D eigenvalue weighted by Gasteiger charge is -2.43. The summed E-state index contributed by atoms with van der Waals surface area (Å²) >= 11 is 9.65. The van der Waals surface area contributed by atoms with Crippen LogP contribution in [0.15, 0.2) is 209 Å². The molecule has 3 aliphatic heterocycles. The highest BCUT2D eigenvalue weighted by molar-refractivity contribution is 6.67. The number of rotatable bonds is 8. The van der Waals surface area contributed by atoms with Crippen LogP contribution in [-0.4, -0.2) is 46.3 Å². The van der Waals surface area contributed by atoms with Gasteiger partial charge < -0.3 is 34.6 Å². The number of fused-ring (bicyclic) bond motifs is 3. The summed E-state index contributed by atoms with van der Waals surface area (Å²) in [6.07, 6.45) is 5.55. The summed E-state index contributed by atoms with van der Waals surface area (Å²) in [5, 5.41) is 9.83. The van der Waals surface area contributed by atoms with Crippen molar-refractivity contribution >= 4 is 85.5 Å². The number of nitrogens with one attached hydrogen (secondary N) is 3. The van der Waals surface area contributed by atoms with Gasteiger partial charge >= 0.3 is 0 Å². The van der Waals surface area contributed by atoms with Gasteiger partial charge in [0, 0.05) is 73.0 Å². The van der Waals surface area contributed by atoms with Crippen molar-refractivity contribution < 1.29 is 32.8 Å². The standard InChI is InChI=1S/C23H22N2O3.C18H20N2O.C16H18N2.C5H3ClO2.C2H3ClO/c1-16-15-21(19-11-6-7-12-20(19)24(16)17(2)26)25(18-9-4-3-5-10-18)23(27)22-13-8-14-28-22;1-13-12-17(19-15-8-4-3-5-9-15)16-10-6-7-11-18(16)20(13)14(2)21;1-12-11-16(18-13-7-3-2-4-8-13)14-9-5-6-10-15(14)17-12;6-5(7)4-2-1-3-8-4;1-2(3)4/h3-14,16,21H,15H2,1-2H3;3-11,13,17,19H,12H2,1-2H3;2-10,12,16-18H,11H2,1H3;1-3H;1H3. The van der Waals surface area contributed by atoms with E-state index < -0.39 is 5.24 Å². The average Bonchev–Trinajstić information content (AvgIpc) is 4.21. The third kappa shape index (κ3) is 15.6. The fourth-order valence-electron chi connectivity index (χ4n) is 10.2. The Kier molecular flexibility index (Phi) is 20.9. The number of anilines is 6. The molecule has 13 nitrogen and oxygen atoms in total. The maximum absolute atomic E-state index is 13.4. The predicted octanol–water partition coefficient (Wildman–Crippen LogP) is 15.3. The Hall–Kier alpha value is -8.39. The van der Waals surface area contributed by atoms with Crippen LogP contribution in [0.5, 0.6) is 0 Å². The molecule has 0 saturated carbocycles. The highest BCUT2D eigenvalue weighted by Crippen LogP contribution is 2.43. The highest BCUT2D eigenvalue weighted by Gasteiger charge is 2.39. The van der Waals surface area contributed by atoms with Gasteiger partial charge in [-0.1, -0.05) is 109 Å². The van der Waals surface area contributed by atoms with Gasteiger partial charge in [0.05, 0.1) is 30.7 Å². The minimum Gasteiger partial charge on any atom is -0.460 e. The highest BCUT2D eigenvalue weighted by atomic mass is 35.5. The van der Waals surface area contributed by atoms with E-state index in [0.29, 0.717) is 24.3 Å².